The van der Waals surface area contributed by atoms with Crippen molar-refractivity contribution in [1.29, 1.82) is 0 Å². The lowest BCUT2D eigenvalue weighted by Crippen LogP contribution is -2.19. The van der Waals surface area contributed by atoms with E-state index in [9.17, 15) is 9.59 Å². The fraction of sp³-hybridized carbons (Fsp3) is 0.419. The molecule has 8 bridgehead atoms. The Morgan fingerprint density at radius 3 is 0.861 bits per heavy atom. The van der Waals surface area contributed by atoms with Crippen LogP contribution in [0.5, 0.6) is 23.0 Å². The number of carbonyl (C=O) groups excluding carboxylic acids is 2. The summed E-state index contributed by atoms with van der Waals surface area (Å²) in [5.74, 6) is 1.65. The van der Waals surface area contributed by atoms with Gasteiger partial charge < -0.3 is 28.4 Å². The van der Waals surface area contributed by atoms with Gasteiger partial charge in [-0.15, -0.1) is 0 Å². The Balaban J connectivity index is 1.64. The van der Waals surface area contributed by atoms with Crippen molar-refractivity contribution in [3.05, 3.63) is 175 Å². The minimum atomic E-state index is -0.499. The van der Waals surface area contributed by atoms with Crippen molar-refractivity contribution in [2.75, 3.05) is 27.4 Å². The van der Waals surface area contributed by atoms with E-state index in [4.69, 9.17) is 28.4 Å². The summed E-state index contributed by atoms with van der Waals surface area (Å²) in [7, 11) is 2.73. The molecule has 7 rings (SSSR count). The molecule has 2 heterocycles. The van der Waals surface area contributed by atoms with Crippen LogP contribution in [0.25, 0.3) is 0 Å². The smallest absolute Gasteiger partial charge is 0.343 e. The molecule has 0 amide bonds. The van der Waals surface area contributed by atoms with Crippen molar-refractivity contribution in [2.24, 2.45) is 0 Å². The van der Waals surface area contributed by atoms with Crippen LogP contribution in [-0.2, 0) is 79.6 Å². The summed E-state index contributed by atoms with van der Waals surface area (Å²) >= 11 is 0. The molecule has 0 radical (unpaired) electrons. The number of benzene rings is 4. The average Bonchev–Trinajstić information content (AvgIpc) is 3.31. The first-order valence-corrected chi connectivity index (χ1v) is 25.0. The van der Waals surface area contributed by atoms with Gasteiger partial charge in [-0.3, -0.25) is 9.97 Å². The highest BCUT2D eigenvalue weighted by Crippen LogP contribution is 2.45. The molecule has 2 aromatic heterocycles. The number of carbonyl (C=O) groups is 2. The highest BCUT2D eigenvalue weighted by molar-refractivity contribution is 5.72. The van der Waals surface area contributed by atoms with E-state index in [0.29, 0.717) is 37.2 Å². The number of hydrogen-bond acceptors (Lipinski definition) is 10. The lowest BCUT2D eigenvalue weighted by molar-refractivity contribution is -0.143. The number of fused-ring (bicyclic) bond motifs is 8. The van der Waals surface area contributed by atoms with Crippen molar-refractivity contribution in [1.82, 2.24) is 9.97 Å². The van der Waals surface area contributed by atoms with Gasteiger partial charge in [-0.2, -0.15) is 0 Å². The molecule has 72 heavy (non-hydrogen) atoms. The van der Waals surface area contributed by atoms with Crippen LogP contribution in [0.2, 0.25) is 0 Å². The van der Waals surface area contributed by atoms with Crippen LogP contribution in [0.1, 0.15) is 161 Å². The minimum Gasteiger partial charge on any atom is -0.487 e. The van der Waals surface area contributed by atoms with Gasteiger partial charge in [0.15, 0.2) is 13.2 Å². The van der Waals surface area contributed by atoms with Gasteiger partial charge in [-0.1, -0.05) is 144 Å². The summed E-state index contributed by atoms with van der Waals surface area (Å²) in [6, 6.07) is 29.6. The summed E-state index contributed by atoms with van der Waals surface area (Å²) < 4.78 is 37.9. The maximum absolute atomic E-state index is 13.0. The number of ether oxygens (including phenoxy) is 6. The fourth-order valence-electron chi connectivity index (χ4n) is 9.00. The predicted molar refractivity (Wildman–Crippen MR) is 284 cm³/mol. The Labute approximate surface area is 427 Å². The third-order valence-electron chi connectivity index (χ3n) is 13.3. The zero-order valence-electron chi connectivity index (χ0n) is 45.1. The van der Waals surface area contributed by atoms with Crippen LogP contribution >= 0.6 is 0 Å². The topological polar surface area (TPSA) is 115 Å². The molecule has 380 valence electrons. The minimum absolute atomic E-state index is 0.240. The number of esters is 2. The summed E-state index contributed by atoms with van der Waals surface area (Å²) in [6.07, 6.45) is 5.17. The summed E-state index contributed by atoms with van der Waals surface area (Å²) in [5.41, 5.74) is 12.4. The van der Waals surface area contributed by atoms with E-state index in [1.54, 1.807) is 12.4 Å². The molecule has 0 saturated carbocycles. The first-order chi connectivity index (χ1) is 33.9. The van der Waals surface area contributed by atoms with E-state index in [1.165, 1.54) is 14.2 Å². The van der Waals surface area contributed by atoms with E-state index in [2.05, 4.69) is 142 Å². The lowest BCUT2D eigenvalue weighted by atomic mass is 9.79. The summed E-state index contributed by atoms with van der Waals surface area (Å²) in [4.78, 5) is 35.4. The molecule has 0 spiro atoms. The second kappa shape index (κ2) is 21.6. The molecule has 0 N–H and O–H groups in total. The monoisotopic (exact) mass is 975 g/mol. The number of aromatic nitrogens is 2. The fourth-order valence-corrected chi connectivity index (χ4v) is 9.00. The number of methoxy groups -OCH3 is 2. The molecule has 4 aromatic carbocycles. The molecule has 0 atom stereocenters. The molecule has 10 heteroatoms. The van der Waals surface area contributed by atoms with Crippen LogP contribution in [0.4, 0.5) is 0 Å². The highest BCUT2D eigenvalue weighted by Gasteiger charge is 2.30. The molecule has 0 aliphatic heterocycles. The summed E-state index contributed by atoms with van der Waals surface area (Å²) in [6.45, 7) is 26.5. The molecule has 0 fully saturated rings. The van der Waals surface area contributed by atoms with Crippen LogP contribution in [-0.4, -0.2) is 49.3 Å². The van der Waals surface area contributed by atoms with Crippen LogP contribution in [0.15, 0.2) is 97.3 Å². The third kappa shape index (κ3) is 13.0. The second-order valence-corrected chi connectivity index (χ2v) is 23.2. The van der Waals surface area contributed by atoms with Gasteiger partial charge in [-0.25, -0.2) is 9.59 Å². The maximum Gasteiger partial charge on any atom is 0.343 e. The zero-order chi connectivity index (χ0) is 52.2. The molecule has 1 aliphatic carbocycles. The Morgan fingerprint density at radius 1 is 0.403 bits per heavy atom. The maximum atomic E-state index is 13.0. The van der Waals surface area contributed by atoms with Crippen molar-refractivity contribution in [3.8, 4) is 23.0 Å². The number of nitrogens with zero attached hydrogens (tertiary/aromatic N) is 2. The van der Waals surface area contributed by atoms with Crippen LogP contribution < -0.4 is 18.9 Å². The zero-order valence-corrected chi connectivity index (χ0v) is 45.1. The Bertz CT molecular complexity index is 2700. The predicted octanol–water partition coefficient (Wildman–Crippen LogP) is 12.6. The van der Waals surface area contributed by atoms with Gasteiger partial charge in [-0.05, 0) is 113 Å². The Morgan fingerprint density at radius 2 is 0.653 bits per heavy atom. The highest BCUT2D eigenvalue weighted by atomic mass is 16.6. The molecular formula is C62H74N2O8. The first kappa shape index (κ1) is 53.1. The van der Waals surface area contributed by atoms with Gasteiger partial charge in [0, 0.05) is 38.1 Å². The van der Waals surface area contributed by atoms with Gasteiger partial charge in [0.2, 0.25) is 0 Å². The van der Waals surface area contributed by atoms with Gasteiger partial charge in [0.05, 0.1) is 25.6 Å². The second-order valence-electron chi connectivity index (χ2n) is 23.2. The molecule has 0 unspecified atom stereocenters. The Hall–Kier alpha value is -6.68. The molecule has 10 nitrogen and oxygen atoms in total. The normalized spacial score (nSPS) is 13.0. The molecule has 0 saturated heterocycles. The quantitative estimate of drug-likeness (QED) is 0.110. The third-order valence-corrected chi connectivity index (χ3v) is 13.3. The van der Waals surface area contributed by atoms with Crippen LogP contribution in [0, 0.1) is 0 Å². The largest absolute Gasteiger partial charge is 0.487 e. The first-order valence-electron chi connectivity index (χ1n) is 25.0. The number of hydrogen-bond donors (Lipinski definition) is 0. The van der Waals surface area contributed by atoms with Gasteiger partial charge >= 0.3 is 11.9 Å². The van der Waals surface area contributed by atoms with Crippen molar-refractivity contribution >= 4 is 11.9 Å². The van der Waals surface area contributed by atoms with Crippen molar-refractivity contribution < 1.29 is 38.0 Å². The van der Waals surface area contributed by atoms with E-state index in [1.807, 2.05) is 36.4 Å². The standard InChI is InChI=1S/C62H74N2O8/c1-59(2,3)47-27-39-23-40-28-48(60(4,5)6)30-42(56(40)70-36-52-20-16-18-22-64-52)25-44-32-50(62(10,11)12)34-46(58(44)72-38-54(66)68-14)26-45-33-49(61(7,8)9)31-43(57(45)71-37-53(65)67-13)24-41(29-47)55(39)69-35-51-19-15-17-21-63-51/h15-22,27-34H,23-26,35-38H2,1-14H3. The van der Waals surface area contributed by atoms with Gasteiger partial charge in [0.25, 0.3) is 0 Å². The Kier molecular flexibility index (Phi) is 15.9. The van der Waals surface area contributed by atoms with E-state index in [0.717, 1.165) is 89.6 Å². The SMILES string of the molecule is COC(=O)COc1c2cc(C(C)(C)C)cc1Cc1cc(C(C)(C)C)cc(c1OCc1ccccn1)Cc1cc(C(C)(C)C)cc(c1OCc1ccccn1)Cc1cc(C(C)(C)C)cc(c1OCC(=O)OC)C2. The van der Waals surface area contributed by atoms with Crippen LogP contribution in [0.3, 0.4) is 0 Å². The van der Waals surface area contributed by atoms with E-state index in [-0.39, 0.29) is 48.1 Å². The number of pyridine rings is 2. The van der Waals surface area contributed by atoms with E-state index >= 15 is 0 Å². The van der Waals surface area contributed by atoms with Crippen molar-refractivity contribution in [2.45, 2.75) is 144 Å². The average molecular weight is 975 g/mol. The van der Waals surface area contributed by atoms with Crippen molar-refractivity contribution in [3.63, 3.8) is 0 Å². The molecule has 1 aliphatic rings. The summed E-state index contributed by atoms with van der Waals surface area (Å²) in [5, 5.41) is 0. The molecular weight excluding hydrogens is 901 g/mol. The molecule has 6 aromatic rings. The number of rotatable bonds is 12. The van der Waals surface area contributed by atoms with E-state index < -0.39 is 11.9 Å². The lowest BCUT2D eigenvalue weighted by Gasteiger charge is -2.29. The van der Waals surface area contributed by atoms with Gasteiger partial charge in [0.1, 0.15) is 36.2 Å².